The van der Waals surface area contributed by atoms with Crippen molar-refractivity contribution in [3.05, 3.63) is 24.0 Å². The van der Waals surface area contributed by atoms with Gasteiger partial charge in [-0.3, -0.25) is 4.98 Å². The first kappa shape index (κ1) is 14.2. The van der Waals surface area contributed by atoms with Crippen LogP contribution in [-0.2, 0) is 0 Å². The molecule has 2 N–H and O–H groups in total. The molecule has 1 saturated carbocycles. The van der Waals surface area contributed by atoms with E-state index in [1.807, 2.05) is 12.1 Å². The second-order valence-corrected chi connectivity index (χ2v) is 6.03. The fourth-order valence-corrected chi connectivity index (χ4v) is 2.77. The van der Waals surface area contributed by atoms with Crippen LogP contribution >= 0.6 is 12.2 Å². The molecule has 1 aliphatic rings. The van der Waals surface area contributed by atoms with Gasteiger partial charge in [0.25, 0.3) is 0 Å². The molecule has 19 heavy (non-hydrogen) atoms. The third-order valence-electron chi connectivity index (χ3n) is 4.20. The van der Waals surface area contributed by atoms with Crippen LogP contribution < -0.4 is 10.6 Å². The van der Waals surface area contributed by atoms with E-state index in [0.717, 1.165) is 12.2 Å². The summed E-state index contributed by atoms with van der Waals surface area (Å²) in [5.74, 6) is 0. The highest BCUT2D eigenvalue weighted by molar-refractivity contribution is 7.80. The number of anilines is 1. The zero-order valence-electron chi connectivity index (χ0n) is 11.9. The molecule has 1 aliphatic carbocycles. The highest BCUT2D eigenvalue weighted by atomic mass is 32.1. The van der Waals surface area contributed by atoms with Gasteiger partial charge in [-0.1, -0.05) is 12.2 Å². The number of thiocarbonyl (C=S) groups is 1. The van der Waals surface area contributed by atoms with Crippen LogP contribution in [0.5, 0.6) is 0 Å². The third kappa shape index (κ3) is 2.87. The molecule has 1 heterocycles. The van der Waals surface area contributed by atoms with Crippen molar-refractivity contribution in [2.75, 3.05) is 32.6 Å². The molecule has 0 unspecified atom stereocenters. The Kier molecular flexibility index (Phi) is 4.06. The van der Waals surface area contributed by atoms with Crippen LogP contribution in [0.2, 0.25) is 0 Å². The molecule has 0 aliphatic heterocycles. The Labute approximate surface area is 120 Å². The van der Waals surface area contributed by atoms with E-state index in [-0.39, 0.29) is 0 Å². The second-order valence-electron chi connectivity index (χ2n) is 5.59. The van der Waals surface area contributed by atoms with Gasteiger partial charge in [-0.15, -0.1) is 0 Å². The van der Waals surface area contributed by atoms with Gasteiger partial charge in [-0.2, -0.15) is 0 Å². The van der Waals surface area contributed by atoms with Crippen LogP contribution in [0, 0.1) is 0 Å². The zero-order chi connectivity index (χ0) is 14.0. The Bertz CT molecular complexity index is 468. The summed E-state index contributed by atoms with van der Waals surface area (Å²) in [5.41, 5.74) is 7.75. The standard InChI is InChI=1S/C14H22N4S/c1-17(2)14(6-4-7-14)10-18(3)11-5-8-16-12(9-11)13(15)19/h5,8-9H,4,6-7,10H2,1-3H3,(H2,15,19). The quantitative estimate of drug-likeness (QED) is 0.830. The monoisotopic (exact) mass is 278 g/mol. The van der Waals surface area contributed by atoms with Gasteiger partial charge in [0.2, 0.25) is 0 Å². The van der Waals surface area contributed by atoms with Crippen LogP contribution in [0.1, 0.15) is 25.0 Å². The predicted octanol–water partition coefficient (Wildman–Crippen LogP) is 1.64. The molecule has 0 bridgehead atoms. The average Bonchev–Trinajstić information content (AvgIpc) is 2.33. The van der Waals surface area contributed by atoms with E-state index in [1.165, 1.54) is 19.3 Å². The Morgan fingerprint density at radius 1 is 1.42 bits per heavy atom. The first-order valence-corrected chi connectivity index (χ1v) is 7.00. The van der Waals surface area contributed by atoms with E-state index in [0.29, 0.717) is 16.2 Å². The molecule has 0 saturated heterocycles. The van der Waals surface area contributed by atoms with Gasteiger partial charge in [0, 0.05) is 31.0 Å². The zero-order valence-corrected chi connectivity index (χ0v) is 12.7. The maximum atomic E-state index is 5.64. The number of pyridine rings is 1. The first-order chi connectivity index (χ1) is 8.94. The number of rotatable bonds is 5. The molecule has 104 valence electrons. The average molecular weight is 278 g/mol. The summed E-state index contributed by atoms with van der Waals surface area (Å²) in [6.07, 6.45) is 5.61. The van der Waals surface area contributed by atoms with Crippen LogP contribution in [0.15, 0.2) is 18.3 Å². The molecule has 0 amide bonds. The van der Waals surface area contributed by atoms with E-state index < -0.39 is 0 Å². The van der Waals surface area contributed by atoms with Crippen molar-refractivity contribution < 1.29 is 0 Å². The molecule has 2 rings (SSSR count). The van der Waals surface area contributed by atoms with Gasteiger partial charge in [0.1, 0.15) is 4.99 Å². The van der Waals surface area contributed by atoms with Crippen molar-refractivity contribution in [1.82, 2.24) is 9.88 Å². The highest BCUT2D eigenvalue weighted by Gasteiger charge is 2.39. The lowest BCUT2D eigenvalue weighted by Crippen LogP contribution is -2.56. The third-order valence-corrected chi connectivity index (χ3v) is 4.41. The summed E-state index contributed by atoms with van der Waals surface area (Å²) in [6.45, 7) is 1.01. The maximum absolute atomic E-state index is 5.64. The van der Waals surface area contributed by atoms with E-state index in [2.05, 4.69) is 35.9 Å². The Balaban J connectivity index is 2.13. The molecule has 1 aromatic heterocycles. The molecule has 4 nitrogen and oxygen atoms in total. The van der Waals surface area contributed by atoms with E-state index in [1.54, 1.807) is 6.20 Å². The number of aromatic nitrogens is 1. The van der Waals surface area contributed by atoms with Gasteiger partial charge in [-0.25, -0.2) is 0 Å². The Hall–Kier alpha value is -1.20. The normalized spacial score (nSPS) is 17.1. The molecule has 5 heteroatoms. The Morgan fingerprint density at radius 3 is 2.58 bits per heavy atom. The van der Waals surface area contributed by atoms with Crippen molar-refractivity contribution >= 4 is 22.9 Å². The lowest BCUT2D eigenvalue weighted by atomic mass is 9.75. The predicted molar refractivity (Wildman–Crippen MR) is 83.7 cm³/mol. The molecule has 0 radical (unpaired) electrons. The minimum Gasteiger partial charge on any atom is -0.388 e. The van der Waals surface area contributed by atoms with Crippen molar-refractivity contribution in [2.45, 2.75) is 24.8 Å². The summed E-state index contributed by atoms with van der Waals surface area (Å²) in [4.78, 5) is 9.15. The smallest absolute Gasteiger partial charge is 0.122 e. The van der Waals surface area contributed by atoms with Crippen LogP contribution in [0.3, 0.4) is 0 Å². The van der Waals surface area contributed by atoms with Gasteiger partial charge < -0.3 is 15.5 Å². The van der Waals surface area contributed by atoms with Gasteiger partial charge in [0.05, 0.1) is 5.69 Å². The summed E-state index contributed by atoms with van der Waals surface area (Å²) in [6, 6.07) is 3.97. The van der Waals surface area contributed by atoms with Crippen molar-refractivity contribution in [1.29, 1.82) is 0 Å². The molecular weight excluding hydrogens is 256 g/mol. The fraction of sp³-hybridized carbons (Fsp3) is 0.571. The van der Waals surface area contributed by atoms with Crippen LogP contribution in [0.25, 0.3) is 0 Å². The molecule has 0 aromatic carbocycles. The largest absolute Gasteiger partial charge is 0.388 e. The lowest BCUT2D eigenvalue weighted by molar-refractivity contribution is 0.0683. The Morgan fingerprint density at radius 2 is 2.11 bits per heavy atom. The summed E-state index contributed by atoms with van der Waals surface area (Å²) in [5, 5.41) is 0. The van der Waals surface area contributed by atoms with Crippen molar-refractivity contribution in [3.8, 4) is 0 Å². The first-order valence-electron chi connectivity index (χ1n) is 6.59. The van der Waals surface area contributed by atoms with Gasteiger partial charge in [0.15, 0.2) is 0 Å². The van der Waals surface area contributed by atoms with E-state index in [4.69, 9.17) is 18.0 Å². The number of nitrogens with zero attached hydrogens (tertiary/aromatic N) is 3. The highest BCUT2D eigenvalue weighted by Crippen LogP contribution is 2.37. The molecule has 1 aromatic rings. The number of nitrogens with two attached hydrogens (primary N) is 1. The summed E-state index contributed by atoms with van der Waals surface area (Å²) in [7, 11) is 6.45. The minimum atomic E-state index is 0.307. The van der Waals surface area contributed by atoms with Crippen molar-refractivity contribution in [2.24, 2.45) is 5.73 Å². The topological polar surface area (TPSA) is 45.4 Å². The molecule has 1 fully saturated rings. The molecule has 0 atom stereocenters. The van der Waals surface area contributed by atoms with Gasteiger partial charge in [-0.05, 0) is 45.5 Å². The van der Waals surface area contributed by atoms with Crippen LogP contribution in [0.4, 0.5) is 5.69 Å². The molecule has 0 spiro atoms. The lowest BCUT2D eigenvalue weighted by Gasteiger charge is -2.49. The van der Waals surface area contributed by atoms with Crippen LogP contribution in [-0.4, -0.2) is 48.1 Å². The number of likely N-dealkylation sites (N-methyl/N-ethyl adjacent to an activating group) is 2. The second kappa shape index (κ2) is 5.43. The fourth-order valence-electron chi connectivity index (χ4n) is 2.66. The summed E-state index contributed by atoms with van der Waals surface area (Å²) >= 11 is 4.98. The van der Waals surface area contributed by atoms with E-state index in [9.17, 15) is 0 Å². The number of hydrogen-bond acceptors (Lipinski definition) is 4. The van der Waals surface area contributed by atoms with Gasteiger partial charge >= 0.3 is 0 Å². The SMILES string of the molecule is CN(CC1(N(C)C)CCC1)c1ccnc(C(N)=S)c1. The van der Waals surface area contributed by atoms with E-state index >= 15 is 0 Å². The summed E-state index contributed by atoms with van der Waals surface area (Å²) < 4.78 is 0. The molecular formula is C14H22N4S. The maximum Gasteiger partial charge on any atom is 0.122 e. The number of hydrogen-bond donors (Lipinski definition) is 1. The minimum absolute atomic E-state index is 0.307. The van der Waals surface area contributed by atoms with Crippen molar-refractivity contribution in [3.63, 3.8) is 0 Å².